The van der Waals surface area contributed by atoms with Crippen LogP contribution < -0.4 is 5.73 Å². The van der Waals surface area contributed by atoms with Gasteiger partial charge in [0, 0.05) is 29.0 Å². The number of nitrogens with two attached hydrogens (primary N) is 1. The Bertz CT molecular complexity index is 666. The molecule has 0 fully saturated rings. The number of rotatable bonds is 2. The zero-order valence-corrected chi connectivity index (χ0v) is 10.7. The van der Waals surface area contributed by atoms with Crippen LogP contribution in [0.25, 0.3) is 16.5 Å². The molecular formula is C13H12N4S. The monoisotopic (exact) mass is 256 g/mol. The second-order valence-electron chi connectivity index (χ2n) is 4.01. The minimum Gasteiger partial charge on any atom is -0.399 e. The molecule has 3 aromatic rings. The van der Waals surface area contributed by atoms with Crippen molar-refractivity contribution in [2.45, 2.75) is 6.92 Å². The number of nitrogen functional groups attached to an aromatic ring is 1. The summed E-state index contributed by atoms with van der Waals surface area (Å²) >= 11 is 1.61. The number of benzene rings is 1. The Hall–Kier alpha value is -2.14. The fourth-order valence-electron chi connectivity index (χ4n) is 1.76. The van der Waals surface area contributed by atoms with E-state index in [2.05, 4.69) is 9.97 Å². The van der Waals surface area contributed by atoms with Crippen molar-refractivity contribution in [2.75, 3.05) is 5.73 Å². The molecule has 0 aliphatic carbocycles. The van der Waals surface area contributed by atoms with Crippen LogP contribution >= 0.6 is 11.3 Å². The molecule has 3 rings (SSSR count). The number of hydrogen-bond acceptors (Lipinski definition) is 4. The first-order valence-corrected chi connectivity index (χ1v) is 6.44. The van der Waals surface area contributed by atoms with E-state index in [4.69, 9.17) is 5.73 Å². The summed E-state index contributed by atoms with van der Waals surface area (Å²) in [5, 5.41) is 2.96. The van der Waals surface area contributed by atoms with E-state index >= 15 is 0 Å². The van der Waals surface area contributed by atoms with Gasteiger partial charge in [-0.15, -0.1) is 11.3 Å². The van der Waals surface area contributed by atoms with Gasteiger partial charge in [-0.1, -0.05) is 0 Å². The van der Waals surface area contributed by atoms with Crippen LogP contribution in [0.15, 0.2) is 42.0 Å². The highest BCUT2D eigenvalue weighted by Crippen LogP contribution is 2.24. The van der Waals surface area contributed by atoms with E-state index in [0.717, 1.165) is 27.9 Å². The summed E-state index contributed by atoms with van der Waals surface area (Å²) in [5.74, 6) is 0.879. The lowest BCUT2D eigenvalue weighted by Gasteiger charge is -2.04. The summed E-state index contributed by atoms with van der Waals surface area (Å²) in [6.45, 7) is 1.99. The molecule has 0 saturated heterocycles. The smallest absolute Gasteiger partial charge is 0.195 e. The molecule has 0 aliphatic heterocycles. The van der Waals surface area contributed by atoms with Gasteiger partial charge in [-0.2, -0.15) is 0 Å². The molecule has 1 aromatic carbocycles. The molecule has 18 heavy (non-hydrogen) atoms. The zero-order valence-electron chi connectivity index (χ0n) is 9.87. The molecule has 0 spiro atoms. The topological polar surface area (TPSA) is 56.7 Å². The zero-order chi connectivity index (χ0) is 12.5. The van der Waals surface area contributed by atoms with Crippen LogP contribution in [-0.4, -0.2) is 14.5 Å². The average molecular weight is 256 g/mol. The van der Waals surface area contributed by atoms with Crippen molar-refractivity contribution >= 4 is 17.0 Å². The van der Waals surface area contributed by atoms with Crippen molar-refractivity contribution in [3.63, 3.8) is 0 Å². The van der Waals surface area contributed by atoms with Crippen LogP contribution in [0.4, 0.5) is 5.69 Å². The predicted octanol–water partition coefficient (Wildman–Crippen LogP) is 2.89. The van der Waals surface area contributed by atoms with E-state index in [0.29, 0.717) is 0 Å². The lowest BCUT2D eigenvalue weighted by Crippen LogP contribution is -1.96. The van der Waals surface area contributed by atoms with Crippen molar-refractivity contribution in [1.29, 1.82) is 0 Å². The van der Waals surface area contributed by atoms with Gasteiger partial charge in [0.1, 0.15) is 5.82 Å². The van der Waals surface area contributed by atoms with Crippen LogP contribution in [0, 0.1) is 6.92 Å². The maximum Gasteiger partial charge on any atom is 0.195 e. The van der Waals surface area contributed by atoms with Gasteiger partial charge in [0.05, 0.1) is 5.69 Å². The molecule has 0 saturated carbocycles. The van der Waals surface area contributed by atoms with Crippen LogP contribution in [0.3, 0.4) is 0 Å². The standard InChI is InChI=1S/C13H12N4S/c1-9-8-18-13(16-9)17-7-6-15-12(17)10-2-4-11(14)5-3-10/h2-8H,14H2,1H3. The van der Waals surface area contributed by atoms with E-state index in [9.17, 15) is 0 Å². The van der Waals surface area contributed by atoms with Crippen molar-refractivity contribution in [3.05, 3.63) is 47.7 Å². The molecule has 4 nitrogen and oxygen atoms in total. The maximum absolute atomic E-state index is 5.70. The lowest BCUT2D eigenvalue weighted by molar-refractivity contribution is 1.03. The fourth-order valence-corrected chi connectivity index (χ4v) is 2.54. The van der Waals surface area contributed by atoms with E-state index in [1.165, 1.54) is 0 Å². The van der Waals surface area contributed by atoms with Gasteiger partial charge < -0.3 is 5.73 Å². The minimum absolute atomic E-state index is 0.752. The Kier molecular flexibility index (Phi) is 2.60. The van der Waals surface area contributed by atoms with Crippen molar-refractivity contribution < 1.29 is 0 Å². The SMILES string of the molecule is Cc1csc(-n2ccnc2-c2ccc(N)cc2)n1. The molecule has 2 N–H and O–H groups in total. The van der Waals surface area contributed by atoms with Gasteiger partial charge in [-0.3, -0.25) is 4.57 Å². The van der Waals surface area contributed by atoms with Gasteiger partial charge in [0.2, 0.25) is 0 Å². The molecule has 2 heterocycles. The van der Waals surface area contributed by atoms with Crippen molar-refractivity contribution in [2.24, 2.45) is 0 Å². The number of aryl methyl sites for hydroxylation is 1. The van der Waals surface area contributed by atoms with Crippen LogP contribution in [0.2, 0.25) is 0 Å². The highest BCUT2D eigenvalue weighted by atomic mass is 32.1. The third-order valence-electron chi connectivity index (χ3n) is 2.62. The Balaban J connectivity index is 2.09. The molecule has 0 bridgehead atoms. The van der Waals surface area contributed by atoms with Crippen LogP contribution in [0.5, 0.6) is 0 Å². The third-order valence-corrected chi connectivity index (χ3v) is 3.58. The third kappa shape index (κ3) is 1.89. The molecule has 0 radical (unpaired) electrons. The predicted molar refractivity (Wildman–Crippen MR) is 73.8 cm³/mol. The average Bonchev–Trinajstić information content (AvgIpc) is 2.98. The van der Waals surface area contributed by atoms with Gasteiger partial charge >= 0.3 is 0 Å². The normalized spacial score (nSPS) is 10.7. The summed E-state index contributed by atoms with van der Waals surface area (Å²) in [4.78, 5) is 8.86. The molecular weight excluding hydrogens is 244 g/mol. The second-order valence-corrected chi connectivity index (χ2v) is 4.85. The highest BCUT2D eigenvalue weighted by molar-refractivity contribution is 7.12. The van der Waals surface area contributed by atoms with E-state index in [1.807, 2.05) is 47.3 Å². The summed E-state index contributed by atoms with van der Waals surface area (Å²) in [5.41, 5.74) is 8.50. The van der Waals surface area contributed by atoms with Gasteiger partial charge in [0.15, 0.2) is 5.13 Å². The molecule has 0 aliphatic rings. The Morgan fingerprint density at radius 2 is 2.00 bits per heavy atom. The molecule has 90 valence electrons. The van der Waals surface area contributed by atoms with E-state index in [-0.39, 0.29) is 0 Å². The Morgan fingerprint density at radius 1 is 1.22 bits per heavy atom. The molecule has 5 heteroatoms. The van der Waals surface area contributed by atoms with E-state index < -0.39 is 0 Å². The van der Waals surface area contributed by atoms with E-state index in [1.54, 1.807) is 17.5 Å². The Labute approximate surface area is 109 Å². The number of nitrogens with zero attached hydrogens (tertiary/aromatic N) is 3. The lowest BCUT2D eigenvalue weighted by atomic mass is 10.2. The Morgan fingerprint density at radius 3 is 2.67 bits per heavy atom. The molecule has 0 amide bonds. The highest BCUT2D eigenvalue weighted by Gasteiger charge is 2.09. The molecule has 0 unspecified atom stereocenters. The first-order valence-electron chi connectivity index (χ1n) is 5.56. The van der Waals surface area contributed by atoms with Gasteiger partial charge in [-0.05, 0) is 31.2 Å². The maximum atomic E-state index is 5.70. The summed E-state index contributed by atoms with van der Waals surface area (Å²) in [6.07, 6.45) is 3.70. The first kappa shape index (κ1) is 11.0. The van der Waals surface area contributed by atoms with Crippen molar-refractivity contribution in [1.82, 2.24) is 14.5 Å². The number of imidazole rings is 1. The number of hydrogen-bond donors (Lipinski definition) is 1. The summed E-state index contributed by atoms with van der Waals surface area (Å²) < 4.78 is 1.99. The number of thiazole rings is 1. The largest absolute Gasteiger partial charge is 0.399 e. The summed E-state index contributed by atoms with van der Waals surface area (Å²) in [6, 6.07) is 7.69. The second kappa shape index (κ2) is 4.27. The number of aromatic nitrogens is 3. The fraction of sp³-hybridized carbons (Fsp3) is 0.0769. The first-order chi connectivity index (χ1) is 8.74. The summed E-state index contributed by atoms with van der Waals surface area (Å²) in [7, 11) is 0. The van der Waals surface area contributed by atoms with Crippen molar-refractivity contribution in [3.8, 4) is 16.5 Å². The van der Waals surface area contributed by atoms with Crippen LogP contribution in [0.1, 0.15) is 5.69 Å². The quantitative estimate of drug-likeness (QED) is 0.717. The molecule has 2 aromatic heterocycles. The van der Waals surface area contributed by atoms with Crippen LogP contribution in [-0.2, 0) is 0 Å². The minimum atomic E-state index is 0.752. The molecule has 0 atom stereocenters. The van der Waals surface area contributed by atoms with Gasteiger partial charge in [0.25, 0.3) is 0 Å². The number of anilines is 1. The van der Waals surface area contributed by atoms with Gasteiger partial charge in [-0.25, -0.2) is 9.97 Å².